The summed E-state index contributed by atoms with van der Waals surface area (Å²) in [7, 11) is 0. The lowest BCUT2D eigenvalue weighted by Crippen LogP contribution is -2.51. The second kappa shape index (κ2) is 9.16. The van der Waals surface area contributed by atoms with Crippen LogP contribution in [-0.4, -0.2) is 70.4 Å². The lowest BCUT2D eigenvalue weighted by molar-refractivity contribution is -0.249. The van der Waals surface area contributed by atoms with Gasteiger partial charge >= 0.3 is 6.18 Å². The number of aromatic nitrogens is 2. The number of amides is 1. The van der Waals surface area contributed by atoms with E-state index in [0.717, 1.165) is 38.3 Å². The molecule has 1 aromatic heterocycles. The van der Waals surface area contributed by atoms with E-state index in [2.05, 4.69) is 20.2 Å². The number of aliphatic hydroxyl groups is 1. The summed E-state index contributed by atoms with van der Waals surface area (Å²) in [5.74, 6) is -1.17. The van der Waals surface area contributed by atoms with Gasteiger partial charge in [0.15, 0.2) is 17.1 Å². The Labute approximate surface area is 177 Å². The Morgan fingerprint density at radius 3 is 2.52 bits per heavy atom. The summed E-state index contributed by atoms with van der Waals surface area (Å²) in [6.07, 6.45) is -3.50. The molecule has 31 heavy (non-hydrogen) atoms. The molecule has 0 bridgehead atoms. The van der Waals surface area contributed by atoms with E-state index in [1.807, 2.05) is 29.6 Å². The van der Waals surface area contributed by atoms with Crippen molar-refractivity contribution in [3.63, 3.8) is 0 Å². The molecule has 2 heterocycles. The lowest BCUT2D eigenvalue weighted by Gasteiger charge is -2.27. The number of nitrogen functional groups attached to an aromatic ring is 1. The minimum Gasteiger partial charge on any atom is -0.382 e. The molecule has 0 spiro atoms. The SMILES string of the molecule is C[C@@](O)(CNC(=O)c1nc(-c2ccc(CN3CCNCC3)cc2)cnc1N)C(F)(F)F. The number of benzene rings is 1. The number of nitrogens with two attached hydrogens (primary N) is 1. The van der Waals surface area contributed by atoms with Crippen LogP contribution in [0, 0.1) is 0 Å². The van der Waals surface area contributed by atoms with Gasteiger partial charge in [-0.15, -0.1) is 0 Å². The lowest BCUT2D eigenvalue weighted by atomic mass is 10.1. The molecule has 0 aliphatic carbocycles. The van der Waals surface area contributed by atoms with Gasteiger partial charge in [-0.3, -0.25) is 9.69 Å². The number of rotatable bonds is 6. The van der Waals surface area contributed by atoms with E-state index < -0.39 is 24.2 Å². The minimum absolute atomic E-state index is 0.219. The number of alkyl halides is 3. The van der Waals surface area contributed by atoms with Crippen LogP contribution in [0.1, 0.15) is 23.0 Å². The molecule has 1 aliphatic rings. The van der Waals surface area contributed by atoms with Crippen molar-refractivity contribution >= 4 is 11.7 Å². The standard InChI is InChI=1S/C20H25F3N6O2/c1-19(31,20(21,22)23)12-27-18(30)16-17(24)26-10-15(28-16)14-4-2-13(3-5-14)11-29-8-6-25-7-9-29/h2-5,10,25,31H,6-9,11-12H2,1H3,(H2,24,26)(H,27,30)/t19-/m1/s1. The number of anilines is 1. The van der Waals surface area contributed by atoms with Gasteiger partial charge in [-0.1, -0.05) is 24.3 Å². The van der Waals surface area contributed by atoms with Crippen LogP contribution >= 0.6 is 0 Å². The van der Waals surface area contributed by atoms with E-state index >= 15 is 0 Å². The molecule has 2 aromatic rings. The number of piperazine rings is 1. The second-order valence-corrected chi connectivity index (χ2v) is 7.67. The van der Waals surface area contributed by atoms with Crippen molar-refractivity contribution in [1.29, 1.82) is 0 Å². The van der Waals surface area contributed by atoms with E-state index in [4.69, 9.17) is 5.73 Å². The van der Waals surface area contributed by atoms with Crippen molar-refractivity contribution in [1.82, 2.24) is 25.5 Å². The Balaban J connectivity index is 1.70. The summed E-state index contributed by atoms with van der Waals surface area (Å²) in [5.41, 5.74) is 4.48. The molecule has 5 N–H and O–H groups in total. The fraction of sp³-hybridized carbons (Fsp3) is 0.450. The van der Waals surface area contributed by atoms with Crippen molar-refractivity contribution in [2.75, 3.05) is 38.5 Å². The summed E-state index contributed by atoms with van der Waals surface area (Å²) in [6.45, 7) is 4.23. The monoisotopic (exact) mass is 438 g/mol. The van der Waals surface area contributed by atoms with E-state index in [0.29, 0.717) is 18.2 Å². The molecule has 1 atom stereocenters. The minimum atomic E-state index is -4.90. The highest BCUT2D eigenvalue weighted by atomic mass is 19.4. The van der Waals surface area contributed by atoms with Crippen LogP contribution in [0.15, 0.2) is 30.5 Å². The van der Waals surface area contributed by atoms with Crippen LogP contribution < -0.4 is 16.4 Å². The van der Waals surface area contributed by atoms with Gasteiger partial charge in [0.2, 0.25) is 0 Å². The Kier molecular flexibility index (Phi) is 6.77. The first-order valence-electron chi connectivity index (χ1n) is 9.79. The van der Waals surface area contributed by atoms with Gasteiger partial charge in [0, 0.05) is 38.3 Å². The van der Waals surface area contributed by atoms with E-state index in [1.54, 1.807) is 0 Å². The Morgan fingerprint density at radius 1 is 1.26 bits per heavy atom. The summed E-state index contributed by atoms with van der Waals surface area (Å²) >= 11 is 0. The predicted octanol–water partition coefficient (Wildman–Crippen LogP) is 1.17. The third-order valence-corrected chi connectivity index (χ3v) is 5.09. The highest BCUT2D eigenvalue weighted by molar-refractivity contribution is 5.96. The zero-order valence-electron chi connectivity index (χ0n) is 17.0. The van der Waals surface area contributed by atoms with Gasteiger partial charge in [0.1, 0.15) is 0 Å². The molecule has 3 rings (SSSR count). The molecule has 0 unspecified atom stereocenters. The number of hydrogen-bond acceptors (Lipinski definition) is 7. The largest absolute Gasteiger partial charge is 0.418 e. The molecule has 0 saturated carbocycles. The molecule has 1 aliphatic heterocycles. The van der Waals surface area contributed by atoms with Crippen LogP contribution in [0.25, 0.3) is 11.3 Å². The quantitative estimate of drug-likeness (QED) is 0.535. The molecule has 11 heteroatoms. The number of carbonyl (C=O) groups is 1. The maximum absolute atomic E-state index is 12.8. The summed E-state index contributed by atoms with van der Waals surface area (Å²) < 4.78 is 38.3. The molecule has 0 radical (unpaired) electrons. The molecule has 8 nitrogen and oxygen atoms in total. The molecule has 1 fully saturated rings. The van der Waals surface area contributed by atoms with Crippen molar-refractivity contribution < 1.29 is 23.1 Å². The Bertz CT molecular complexity index is 912. The van der Waals surface area contributed by atoms with E-state index in [1.165, 1.54) is 6.20 Å². The van der Waals surface area contributed by atoms with Crippen LogP contribution in [0.3, 0.4) is 0 Å². The van der Waals surface area contributed by atoms with Gasteiger partial charge in [-0.25, -0.2) is 9.97 Å². The van der Waals surface area contributed by atoms with E-state index in [-0.39, 0.29) is 11.5 Å². The third-order valence-electron chi connectivity index (χ3n) is 5.09. The molecule has 168 valence electrons. The van der Waals surface area contributed by atoms with Gasteiger partial charge < -0.3 is 21.5 Å². The first-order chi connectivity index (χ1) is 14.6. The third kappa shape index (κ3) is 5.69. The maximum atomic E-state index is 12.8. The summed E-state index contributed by atoms with van der Waals surface area (Å²) in [4.78, 5) is 22.8. The fourth-order valence-corrected chi connectivity index (χ4v) is 3.05. The van der Waals surface area contributed by atoms with Gasteiger partial charge in [0.05, 0.1) is 18.4 Å². The Morgan fingerprint density at radius 2 is 1.90 bits per heavy atom. The van der Waals surface area contributed by atoms with Gasteiger partial charge in [0.25, 0.3) is 5.91 Å². The van der Waals surface area contributed by atoms with Crippen LogP contribution in [0.2, 0.25) is 0 Å². The van der Waals surface area contributed by atoms with Crippen molar-refractivity contribution in [2.45, 2.75) is 25.2 Å². The second-order valence-electron chi connectivity index (χ2n) is 7.67. The number of nitrogens with zero attached hydrogens (tertiary/aromatic N) is 3. The molecule has 1 amide bonds. The normalized spacial score (nSPS) is 17.2. The van der Waals surface area contributed by atoms with Crippen LogP contribution in [-0.2, 0) is 6.54 Å². The predicted molar refractivity (Wildman–Crippen MR) is 109 cm³/mol. The fourth-order valence-electron chi connectivity index (χ4n) is 3.05. The number of hydrogen-bond donors (Lipinski definition) is 4. The number of nitrogens with one attached hydrogen (secondary N) is 2. The topological polar surface area (TPSA) is 116 Å². The zero-order valence-corrected chi connectivity index (χ0v) is 17.0. The highest BCUT2D eigenvalue weighted by Crippen LogP contribution is 2.29. The average molecular weight is 438 g/mol. The van der Waals surface area contributed by atoms with Crippen LogP contribution in [0.4, 0.5) is 19.0 Å². The zero-order chi connectivity index (χ0) is 22.6. The van der Waals surface area contributed by atoms with Crippen LogP contribution in [0.5, 0.6) is 0 Å². The first kappa shape index (κ1) is 22.9. The Hall–Kier alpha value is -2.76. The number of halogens is 3. The van der Waals surface area contributed by atoms with Crippen molar-refractivity contribution in [3.05, 3.63) is 41.7 Å². The van der Waals surface area contributed by atoms with Gasteiger partial charge in [-0.05, 0) is 12.5 Å². The molecule has 1 saturated heterocycles. The maximum Gasteiger partial charge on any atom is 0.418 e. The summed E-state index contributed by atoms with van der Waals surface area (Å²) in [5, 5.41) is 14.8. The highest BCUT2D eigenvalue weighted by Gasteiger charge is 2.50. The first-order valence-corrected chi connectivity index (χ1v) is 9.79. The molecule has 1 aromatic carbocycles. The average Bonchev–Trinajstić information content (AvgIpc) is 2.73. The van der Waals surface area contributed by atoms with E-state index in [9.17, 15) is 23.1 Å². The molecular weight excluding hydrogens is 413 g/mol. The smallest absolute Gasteiger partial charge is 0.382 e. The van der Waals surface area contributed by atoms with Crippen molar-refractivity contribution in [2.24, 2.45) is 0 Å². The van der Waals surface area contributed by atoms with Gasteiger partial charge in [-0.2, -0.15) is 13.2 Å². The number of carbonyl (C=O) groups excluding carboxylic acids is 1. The molecular formula is C20H25F3N6O2. The van der Waals surface area contributed by atoms with Crippen molar-refractivity contribution in [3.8, 4) is 11.3 Å². The summed E-state index contributed by atoms with van der Waals surface area (Å²) in [6, 6.07) is 7.59.